The molecule has 4 N–H and O–H groups in total. The Labute approximate surface area is 150 Å². The molecule has 0 bridgehead atoms. The highest BCUT2D eigenvalue weighted by Crippen LogP contribution is 2.15. The van der Waals surface area contributed by atoms with Crippen molar-refractivity contribution in [3.05, 3.63) is 42.4 Å². The highest BCUT2D eigenvalue weighted by Gasteiger charge is 2.15. The van der Waals surface area contributed by atoms with Gasteiger partial charge in [0.1, 0.15) is 0 Å². The molecule has 0 radical (unpaired) electrons. The maximum Gasteiger partial charge on any atom is 0.278 e. The van der Waals surface area contributed by atoms with Gasteiger partial charge in [0.15, 0.2) is 11.5 Å². The van der Waals surface area contributed by atoms with Crippen LogP contribution in [-0.4, -0.2) is 59.5 Å². The van der Waals surface area contributed by atoms with Gasteiger partial charge in [-0.2, -0.15) is 0 Å². The molecule has 1 aromatic carbocycles. The van der Waals surface area contributed by atoms with E-state index in [4.69, 9.17) is 10.5 Å². The van der Waals surface area contributed by atoms with Gasteiger partial charge in [0.05, 0.1) is 19.8 Å². The SMILES string of the molecule is Nc1nccnc1C(=O)Nc1ccc(NC(=O)CN2CCOCC2)cc1. The van der Waals surface area contributed by atoms with Gasteiger partial charge in [-0.15, -0.1) is 0 Å². The van der Waals surface area contributed by atoms with Crippen molar-refractivity contribution in [3.63, 3.8) is 0 Å². The molecule has 26 heavy (non-hydrogen) atoms. The third-order valence-electron chi connectivity index (χ3n) is 3.84. The highest BCUT2D eigenvalue weighted by atomic mass is 16.5. The fraction of sp³-hybridized carbons (Fsp3) is 0.294. The van der Waals surface area contributed by atoms with Gasteiger partial charge in [0.25, 0.3) is 5.91 Å². The van der Waals surface area contributed by atoms with E-state index < -0.39 is 5.91 Å². The lowest BCUT2D eigenvalue weighted by atomic mass is 10.2. The van der Waals surface area contributed by atoms with E-state index in [0.29, 0.717) is 31.1 Å². The number of amides is 2. The minimum absolute atomic E-state index is 0.0652. The van der Waals surface area contributed by atoms with E-state index in [1.165, 1.54) is 12.4 Å². The van der Waals surface area contributed by atoms with Gasteiger partial charge >= 0.3 is 0 Å². The summed E-state index contributed by atoms with van der Waals surface area (Å²) >= 11 is 0. The third kappa shape index (κ3) is 4.74. The van der Waals surface area contributed by atoms with Crippen LogP contribution >= 0.6 is 0 Å². The lowest BCUT2D eigenvalue weighted by molar-refractivity contribution is -0.118. The number of nitrogens with zero attached hydrogens (tertiary/aromatic N) is 3. The van der Waals surface area contributed by atoms with Crippen LogP contribution in [0.25, 0.3) is 0 Å². The predicted octanol–water partition coefficient (Wildman–Crippen LogP) is 0.582. The molecule has 2 heterocycles. The Kier molecular flexibility index (Phi) is 5.72. The molecule has 0 unspecified atom stereocenters. The van der Waals surface area contributed by atoms with Gasteiger partial charge in [-0.1, -0.05) is 0 Å². The summed E-state index contributed by atoms with van der Waals surface area (Å²) < 4.78 is 5.26. The number of morpholine rings is 1. The van der Waals surface area contributed by atoms with Crippen LogP contribution in [0, 0.1) is 0 Å². The van der Waals surface area contributed by atoms with Gasteiger partial charge in [0.2, 0.25) is 5.91 Å². The first-order chi connectivity index (χ1) is 12.6. The van der Waals surface area contributed by atoms with Crippen molar-refractivity contribution >= 4 is 29.0 Å². The molecule has 1 saturated heterocycles. The van der Waals surface area contributed by atoms with Crippen LogP contribution in [0.4, 0.5) is 17.2 Å². The molecule has 0 aliphatic carbocycles. The molecule has 9 nitrogen and oxygen atoms in total. The number of carbonyl (C=O) groups is 2. The molecule has 1 fully saturated rings. The Balaban J connectivity index is 1.54. The second-order valence-electron chi connectivity index (χ2n) is 5.76. The molecule has 9 heteroatoms. The van der Waals surface area contributed by atoms with Crippen molar-refractivity contribution in [2.75, 3.05) is 49.2 Å². The molecular formula is C17H20N6O3. The zero-order valence-corrected chi connectivity index (χ0v) is 14.1. The number of nitrogens with one attached hydrogen (secondary N) is 2. The zero-order valence-electron chi connectivity index (χ0n) is 14.1. The number of nitrogen functional groups attached to an aromatic ring is 1. The zero-order chi connectivity index (χ0) is 18.4. The van der Waals surface area contributed by atoms with Crippen LogP contribution in [0.2, 0.25) is 0 Å². The first-order valence-electron chi connectivity index (χ1n) is 8.19. The summed E-state index contributed by atoms with van der Waals surface area (Å²) in [6, 6.07) is 6.81. The largest absolute Gasteiger partial charge is 0.382 e. The summed E-state index contributed by atoms with van der Waals surface area (Å²) in [6.07, 6.45) is 2.82. The van der Waals surface area contributed by atoms with E-state index in [0.717, 1.165) is 13.1 Å². The van der Waals surface area contributed by atoms with Crippen molar-refractivity contribution in [2.24, 2.45) is 0 Å². The van der Waals surface area contributed by atoms with Crippen molar-refractivity contribution in [3.8, 4) is 0 Å². The molecule has 1 aliphatic heterocycles. The first-order valence-corrected chi connectivity index (χ1v) is 8.19. The topological polar surface area (TPSA) is 122 Å². The number of benzene rings is 1. The first kappa shape index (κ1) is 17.8. The summed E-state index contributed by atoms with van der Waals surface area (Å²) in [6.45, 7) is 3.14. The Morgan fingerprint density at radius 2 is 1.65 bits per heavy atom. The fourth-order valence-electron chi connectivity index (χ4n) is 2.51. The van der Waals surface area contributed by atoms with E-state index in [1.54, 1.807) is 24.3 Å². The van der Waals surface area contributed by atoms with Crippen LogP contribution in [0.1, 0.15) is 10.5 Å². The standard InChI is InChI=1S/C17H20N6O3/c18-16-15(19-5-6-20-16)17(25)22-13-3-1-12(2-4-13)21-14(24)11-23-7-9-26-10-8-23/h1-6H,7-11H2,(H2,18,20)(H,21,24)(H,22,25). The number of hydrogen-bond acceptors (Lipinski definition) is 7. The number of hydrogen-bond donors (Lipinski definition) is 3. The second kappa shape index (κ2) is 8.37. The summed E-state index contributed by atoms with van der Waals surface area (Å²) in [7, 11) is 0. The van der Waals surface area contributed by atoms with Gasteiger partial charge in [-0.25, -0.2) is 9.97 Å². The minimum atomic E-state index is -0.445. The molecule has 1 aliphatic rings. The van der Waals surface area contributed by atoms with Gasteiger partial charge in [-0.05, 0) is 24.3 Å². The summed E-state index contributed by atoms with van der Waals surface area (Å²) in [5.41, 5.74) is 6.92. The van der Waals surface area contributed by atoms with Crippen molar-refractivity contribution in [1.29, 1.82) is 0 Å². The molecule has 0 spiro atoms. The molecule has 0 saturated carbocycles. The number of rotatable bonds is 5. The Bertz CT molecular complexity index is 774. The van der Waals surface area contributed by atoms with Gasteiger partial charge < -0.3 is 21.1 Å². The fourth-order valence-corrected chi connectivity index (χ4v) is 2.51. The monoisotopic (exact) mass is 356 g/mol. The van der Waals surface area contributed by atoms with Crippen LogP contribution < -0.4 is 16.4 Å². The minimum Gasteiger partial charge on any atom is -0.382 e. The number of ether oxygens (including phenoxy) is 1. The number of carbonyl (C=O) groups excluding carboxylic acids is 2. The van der Waals surface area contributed by atoms with Crippen molar-refractivity contribution in [1.82, 2.24) is 14.9 Å². The number of nitrogens with two attached hydrogens (primary N) is 1. The predicted molar refractivity (Wildman–Crippen MR) is 96.7 cm³/mol. The summed E-state index contributed by atoms with van der Waals surface area (Å²) in [5, 5.41) is 5.52. The molecule has 3 rings (SSSR count). The molecule has 1 aromatic heterocycles. The van der Waals surface area contributed by atoms with E-state index in [-0.39, 0.29) is 17.4 Å². The van der Waals surface area contributed by atoms with E-state index in [2.05, 4.69) is 20.6 Å². The van der Waals surface area contributed by atoms with Crippen LogP contribution in [0.5, 0.6) is 0 Å². The lowest BCUT2D eigenvalue weighted by Crippen LogP contribution is -2.41. The summed E-state index contributed by atoms with van der Waals surface area (Å²) in [5.74, 6) is -0.465. The number of anilines is 3. The van der Waals surface area contributed by atoms with Crippen molar-refractivity contribution < 1.29 is 14.3 Å². The molecular weight excluding hydrogens is 336 g/mol. The Morgan fingerprint density at radius 3 is 2.31 bits per heavy atom. The quantitative estimate of drug-likeness (QED) is 0.716. The van der Waals surface area contributed by atoms with Crippen LogP contribution in [-0.2, 0) is 9.53 Å². The van der Waals surface area contributed by atoms with Crippen molar-refractivity contribution in [2.45, 2.75) is 0 Å². The lowest BCUT2D eigenvalue weighted by Gasteiger charge is -2.25. The normalized spacial score (nSPS) is 14.6. The average Bonchev–Trinajstić information content (AvgIpc) is 2.64. The van der Waals surface area contributed by atoms with E-state index >= 15 is 0 Å². The maximum atomic E-state index is 12.1. The number of aromatic nitrogens is 2. The van der Waals surface area contributed by atoms with Gasteiger partial charge in [-0.3, -0.25) is 14.5 Å². The van der Waals surface area contributed by atoms with Crippen LogP contribution in [0.3, 0.4) is 0 Å². The average molecular weight is 356 g/mol. The van der Waals surface area contributed by atoms with Crippen LogP contribution in [0.15, 0.2) is 36.7 Å². The maximum absolute atomic E-state index is 12.1. The molecule has 136 valence electrons. The van der Waals surface area contributed by atoms with E-state index in [1.807, 2.05) is 4.90 Å². The Morgan fingerprint density at radius 1 is 1.04 bits per heavy atom. The summed E-state index contributed by atoms with van der Waals surface area (Å²) in [4.78, 5) is 34.0. The second-order valence-corrected chi connectivity index (χ2v) is 5.76. The molecule has 2 aromatic rings. The van der Waals surface area contributed by atoms with E-state index in [9.17, 15) is 9.59 Å². The third-order valence-corrected chi connectivity index (χ3v) is 3.84. The molecule has 2 amide bonds. The molecule has 0 atom stereocenters. The van der Waals surface area contributed by atoms with Gasteiger partial charge in [0, 0.05) is 36.9 Å². The Hall–Kier alpha value is -3.04. The smallest absolute Gasteiger partial charge is 0.278 e. The highest BCUT2D eigenvalue weighted by molar-refractivity contribution is 6.05.